The number of carbonyl (C=O) groups excluding carboxylic acids is 2. The molecule has 1 N–H and O–H groups in total. The van der Waals surface area contributed by atoms with Crippen molar-refractivity contribution in [2.45, 2.75) is 173 Å². The Kier molecular flexibility index (Phi) is 26.2. The lowest BCUT2D eigenvalue weighted by Gasteiger charge is -2.15. The van der Waals surface area contributed by atoms with Gasteiger partial charge in [0, 0.05) is 12.8 Å². The van der Waals surface area contributed by atoms with E-state index in [1.54, 1.807) is 0 Å². The Hall–Kier alpha value is -1.92. The standard InChI is InChI=1S/C37H64O6/c1-3-5-7-8-9-10-11-16-19-22-26-30-37(40)42-33(31-38)32-41-36(39)29-25-21-18-15-13-12-14-17-20-24-28-35-34(43-35)27-23-6-4-2/h12,14-15,18,20,24,33-35,38H,3-11,13,16-17,19,21-23,25-32H2,1-2H3/b14-12-,18-15-,24-20-/t33-,34?,35?/m0/s1. The Labute approximate surface area is 263 Å². The summed E-state index contributed by atoms with van der Waals surface area (Å²) in [6.45, 7) is 4.03. The first-order valence-corrected chi connectivity index (χ1v) is 17.7. The van der Waals surface area contributed by atoms with Crippen LogP contribution in [0, 0.1) is 0 Å². The van der Waals surface area contributed by atoms with Gasteiger partial charge in [0.05, 0.1) is 18.8 Å². The van der Waals surface area contributed by atoms with Crippen LogP contribution < -0.4 is 0 Å². The van der Waals surface area contributed by atoms with Gasteiger partial charge in [0.1, 0.15) is 6.61 Å². The Morgan fingerprint density at radius 3 is 1.88 bits per heavy atom. The van der Waals surface area contributed by atoms with Gasteiger partial charge in [-0.2, -0.15) is 0 Å². The van der Waals surface area contributed by atoms with Crippen molar-refractivity contribution in [3.8, 4) is 0 Å². The second-order valence-corrected chi connectivity index (χ2v) is 12.0. The first-order valence-electron chi connectivity index (χ1n) is 17.7. The van der Waals surface area contributed by atoms with Gasteiger partial charge in [-0.15, -0.1) is 0 Å². The van der Waals surface area contributed by atoms with Crippen LogP contribution in [-0.2, 0) is 23.8 Å². The Balaban J connectivity index is 1.94. The number of epoxide rings is 1. The molecule has 0 bridgehead atoms. The molecule has 1 heterocycles. The van der Waals surface area contributed by atoms with E-state index in [0.29, 0.717) is 31.5 Å². The van der Waals surface area contributed by atoms with Crippen LogP contribution in [0.15, 0.2) is 36.5 Å². The molecule has 0 spiro atoms. The first kappa shape index (κ1) is 39.1. The molecule has 0 aromatic heterocycles. The summed E-state index contributed by atoms with van der Waals surface area (Å²) >= 11 is 0. The zero-order valence-corrected chi connectivity index (χ0v) is 27.7. The monoisotopic (exact) mass is 604 g/mol. The van der Waals surface area contributed by atoms with Crippen LogP contribution in [0.5, 0.6) is 0 Å². The summed E-state index contributed by atoms with van der Waals surface area (Å²) in [5.41, 5.74) is 0. The van der Waals surface area contributed by atoms with E-state index < -0.39 is 6.10 Å². The normalized spacial score (nSPS) is 17.3. The molecule has 0 aromatic carbocycles. The van der Waals surface area contributed by atoms with Crippen molar-refractivity contribution in [1.29, 1.82) is 0 Å². The van der Waals surface area contributed by atoms with Crippen LogP contribution in [0.2, 0.25) is 0 Å². The summed E-state index contributed by atoms with van der Waals surface area (Å²) < 4.78 is 16.2. The molecule has 2 unspecified atom stereocenters. The van der Waals surface area contributed by atoms with Gasteiger partial charge in [-0.25, -0.2) is 0 Å². The quantitative estimate of drug-likeness (QED) is 0.0380. The van der Waals surface area contributed by atoms with E-state index in [4.69, 9.17) is 14.2 Å². The summed E-state index contributed by atoms with van der Waals surface area (Å²) in [4.78, 5) is 24.1. The molecular weight excluding hydrogens is 540 g/mol. The third kappa shape index (κ3) is 25.1. The topological polar surface area (TPSA) is 85.4 Å². The molecular formula is C37H64O6. The number of allylic oxidation sites excluding steroid dienone is 5. The molecule has 0 amide bonds. The molecule has 248 valence electrons. The fourth-order valence-corrected chi connectivity index (χ4v) is 5.05. The maximum atomic E-state index is 12.1. The summed E-state index contributed by atoms with van der Waals surface area (Å²) in [6, 6.07) is 0. The van der Waals surface area contributed by atoms with E-state index in [0.717, 1.165) is 44.9 Å². The summed E-state index contributed by atoms with van der Waals surface area (Å²) in [5, 5.41) is 9.50. The van der Waals surface area contributed by atoms with Crippen LogP contribution >= 0.6 is 0 Å². The fraction of sp³-hybridized carbons (Fsp3) is 0.784. The lowest BCUT2D eigenvalue weighted by molar-refractivity contribution is -0.161. The number of esters is 2. The predicted octanol–water partition coefficient (Wildman–Crippen LogP) is 9.49. The van der Waals surface area contributed by atoms with Crippen molar-refractivity contribution in [2.75, 3.05) is 13.2 Å². The number of hydrogen-bond acceptors (Lipinski definition) is 6. The molecule has 0 radical (unpaired) electrons. The minimum atomic E-state index is -0.791. The van der Waals surface area contributed by atoms with E-state index in [2.05, 4.69) is 50.3 Å². The van der Waals surface area contributed by atoms with Gasteiger partial charge in [-0.3, -0.25) is 9.59 Å². The molecule has 1 rings (SSSR count). The molecule has 6 heteroatoms. The van der Waals surface area contributed by atoms with Crippen molar-refractivity contribution in [1.82, 2.24) is 0 Å². The average Bonchev–Trinajstić information content (AvgIpc) is 3.76. The second-order valence-electron chi connectivity index (χ2n) is 12.0. The summed E-state index contributed by atoms with van der Waals surface area (Å²) in [6.07, 6.45) is 36.6. The number of hydrogen-bond donors (Lipinski definition) is 1. The van der Waals surface area contributed by atoms with Gasteiger partial charge in [0.15, 0.2) is 6.10 Å². The van der Waals surface area contributed by atoms with Crippen molar-refractivity contribution in [3.63, 3.8) is 0 Å². The number of ether oxygens (including phenoxy) is 3. The molecule has 0 aromatic rings. The van der Waals surface area contributed by atoms with Crippen molar-refractivity contribution in [2.24, 2.45) is 0 Å². The van der Waals surface area contributed by atoms with E-state index >= 15 is 0 Å². The van der Waals surface area contributed by atoms with Gasteiger partial charge >= 0.3 is 11.9 Å². The molecule has 1 aliphatic rings. The zero-order valence-electron chi connectivity index (χ0n) is 27.7. The summed E-state index contributed by atoms with van der Waals surface area (Å²) in [7, 11) is 0. The molecule has 0 saturated carbocycles. The number of carbonyl (C=O) groups is 2. The molecule has 0 aliphatic carbocycles. The van der Waals surface area contributed by atoms with Gasteiger partial charge in [0.25, 0.3) is 0 Å². The van der Waals surface area contributed by atoms with Crippen LogP contribution in [0.4, 0.5) is 0 Å². The molecule has 3 atom stereocenters. The first-order chi connectivity index (χ1) is 21.1. The SMILES string of the molecule is CCCCCCCCCCCCCC(=O)O[C@@H](CO)COC(=O)CCC/C=C\C/C=C\C/C=C\CC1OC1CCCCC. The third-order valence-electron chi connectivity index (χ3n) is 7.86. The van der Waals surface area contributed by atoms with Gasteiger partial charge in [-0.1, -0.05) is 134 Å². The molecule has 1 fully saturated rings. The van der Waals surface area contributed by atoms with Crippen LogP contribution in [0.3, 0.4) is 0 Å². The Morgan fingerprint density at radius 2 is 1.23 bits per heavy atom. The van der Waals surface area contributed by atoms with E-state index in [9.17, 15) is 14.7 Å². The second kappa shape index (κ2) is 28.8. The Bertz CT molecular complexity index is 758. The molecule has 6 nitrogen and oxygen atoms in total. The average molecular weight is 605 g/mol. The number of unbranched alkanes of at least 4 members (excludes halogenated alkanes) is 13. The maximum absolute atomic E-state index is 12.1. The lowest BCUT2D eigenvalue weighted by atomic mass is 10.1. The van der Waals surface area contributed by atoms with Crippen molar-refractivity contribution >= 4 is 11.9 Å². The highest BCUT2D eigenvalue weighted by atomic mass is 16.6. The highest BCUT2D eigenvalue weighted by Crippen LogP contribution is 2.30. The number of aliphatic hydroxyl groups is 1. The van der Waals surface area contributed by atoms with E-state index in [1.807, 2.05) is 0 Å². The zero-order chi connectivity index (χ0) is 31.2. The highest BCUT2D eigenvalue weighted by Gasteiger charge is 2.36. The highest BCUT2D eigenvalue weighted by molar-refractivity contribution is 5.70. The van der Waals surface area contributed by atoms with Crippen LogP contribution in [0.25, 0.3) is 0 Å². The smallest absolute Gasteiger partial charge is 0.306 e. The van der Waals surface area contributed by atoms with E-state index in [-0.39, 0.29) is 25.2 Å². The lowest BCUT2D eigenvalue weighted by Crippen LogP contribution is -2.28. The number of aliphatic hydroxyl groups excluding tert-OH is 1. The minimum absolute atomic E-state index is 0.0956. The van der Waals surface area contributed by atoms with Gasteiger partial charge < -0.3 is 19.3 Å². The minimum Gasteiger partial charge on any atom is -0.462 e. The largest absolute Gasteiger partial charge is 0.462 e. The molecule has 43 heavy (non-hydrogen) atoms. The summed E-state index contributed by atoms with van der Waals surface area (Å²) in [5.74, 6) is -0.663. The van der Waals surface area contributed by atoms with Gasteiger partial charge in [-0.05, 0) is 44.9 Å². The van der Waals surface area contributed by atoms with Crippen molar-refractivity contribution in [3.05, 3.63) is 36.5 Å². The van der Waals surface area contributed by atoms with E-state index in [1.165, 1.54) is 77.0 Å². The fourth-order valence-electron chi connectivity index (χ4n) is 5.05. The van der Waals surface area contributed by atoms with Gasteiger partial charge in [0.2, 0.25) is 0 Å². The maximum Gasteiger partial charge on any atom is 0.306 e. The number of rotatable bonds is 30. The van der Waals surface area contributed by atoms with Crippen LogP contribution in [0.1, 0.15) is 155 Å². The molecule has 1 saturated heterocycles. The third-order valence-corrected chi connectivity index (χ3v) is 7.86. The van der Waals surface area contributed by atoms with Crippen LogP contribution in [-0.4, -0.2) is 48.6 Å². The predicted molar refractivity (Wildman–Crippen MR) is 177 cm³/mol. The molecule has 1 aliphatic heterocycles. The van der Waals surface area contributed by atoms with Crippen molar-refractivity contribution < 1.29 is 28.9 Å². The Morgan fingerprint density at radius 1 is 0.674 bits per heavy atom.